The maximum atomic E-state index is 13.3. The standard InChI is InChI=1S/C18H15S.C17H26F4O10S/c1-4-10-16(11-5-1)19(17-12-6-2-7-13-17)18-14-8-3-9-15-18;1-14(2)28-9-11(29-14)12-10(30-15(3,4)31-12)8-27-13(22)26-7-5-6-16(18,19)17(20,21)32(23,24)25/h1-15H;10-12H,5-9H2,1-4H3,(H,23,24,25)/q+1;/p-1. The molecule has 16 heteroatoms. The van der Waals surface area contributed by atoms with Gasteiger partial charge in [-0.3, -0.25) is 0 Å². The fourth-order valence-electron chi connectivity index (χ4n) is 5.23. The van der Waals surface area contributed by atoms with Crippen LogP contribution in [0.1, 0.15) is 40.5 Å². The molecule has 3 atom stereocenters. The summed E-state index contributed by atoms with van der Waals surface area (Å²) in [5, 5.41) is -5.79. The van der Waals surface area contributed by atoms with E-state index in [-0.39, 0.29) is 24.1 Å². The third-order valence-electron chi connectivity index (χ3n) is 7.52. The maximum Gasteiger partial charge on any atom is 0.508 e. The predicted molar refractivity (Wildman–Crippen MR) is 176 cm³/mol. The lowest BCUT2D eigenvalue weighted by molar-refractivity contribution is -0.175. The van der Waals surface area contributed by atoms with Crippen molar-refractivity contribution in [2.45, 2.75) is 96.3 Å². The van der Waals surface area contributed by atoms with E-state index in [9.17, 15) is 35.3 Å². The van der Waals surface area contributed by atoms with Crippen molar-refractivity contribution in [2.24, 2.45) is 0 Å². The Morgan fingerprint density at radius 2 is 1.29 bits per heavy atom. The summed E-state index contributed by atoms with van der Waals surface area (Å²) < 4.78 is 116. The van der Waals surface area contributed by atoms with E-state index in [0.29, 0.717) is 0 Å². The number of alkyl halides is 4. The summed E-state index contributed by atoms with van der Waals surface area (Å²) in [7, 11) is -6.59. The summed E-state index contributed by atoms with van der Waals surface area (Å²) in [5.41, 5.74) is 0. The van der Waals surface area contributed by atoms with E-state index in [1.807, 2.05) is 0 Å². The first-order valence-corrected chi connectivity index (χ1v) is 18.5. The normalized spacial score (nSPS) is 21.5. The van der Waals surface area contributed by atoms with Crippen LogP contribution in [0, 0.1) is 0 Å². The minimum atomic E-state index is -6.57. The van der Waals surface area contributed by atoms with Crippen molar-refractivity contribution in [1.29, 1.82) is 0 Å². The number of carbonyl (C=O) groups excluding carboxylic acids is 1. The van der Waals surface area contributed by atoms with Crippen LogP contribution in [0.3, 0.4) is 0 Å². The van der Waals surface area contributed by atoms with Gasteiger partial charge in [0.1, 0.15) is 24.9 Å². The largest absolute Gasteiger partial charge is 0.743 e. The first kappa shape index (κ1) is 40.5. The van der Waals surface area contributed by atoms with E-state index >= 15 is 0 Å². The molecule has 3 aromatic rings. The molecule has 2 heterocycles. The Balaban J connectivity index is 0.000000258. The third-order valence-corrected chi connectivity index (χ3v) is 10.7. The fourth-order valence-corrected chi connectivity index (χ4v) is 7.80. The zero-order valence-electron chi connectivity index (χ0n) is 28.3. The van der Waals surface area contributed by atoms with Crippen LogP contribution in [-0.2, 0) is 49.4 Å². The van der Waals surface area contributed by atoms with Gasteiger partial charge in [-0.1, -0.05) is 54.6 Å². The Bertz CT molecular complexity index is 1570. The summed E-state index contributed by atoms with van der Waals surface area (Å²) in [6, 6.07) is 32.2. The molecule has 0 aliphatic carbocycles. The molecule has 2 fully saturated rings. The van der Waals surface area contributed by atoms with Crippen molar-refractivity contribution in [3.05, 3.63) is 91.0 Å². The molecule has 0 spiro atoms. The van der Waals surface area contributed by atoms with Crippen LogP contribution >= 0.6 is 0 Å². The van der Waals surface area contributed by atoms with E-state index in [2.05, 4.69) is 95.7 Å². The van der Waals surface area contributed by atoms with Crippen molar-refractivity contribution >= 4 is 27.2 Å². The molecule has 0 amide bonds. The quantitative estimate of drug-likeness (QED) is 0.0617. The molecule has 5 rings (SSSR count). The first-order valence-electron chi connectivity index (χ1n) is 15.9. The predicted octanol–water partition coefficient (Wildman–Crippen LogP) is 7.15. The van der Waals surface area contributed by atoms with Crippen LogP contribution in [0.25, 0.3) is 0 Å². The highest BCUT2D eigenvalue weighted by atomic mass is 32.2. The van der Waals surface area contributed by atoms with Gasteiger partial charge in [0, 0.05) is 6.42 Å². The second-order valence-corrected chi connectivity index (χ2v) is 15.9. The van der Waals surface area contributed by atoms with Crippen LogP contribution in [0.4, 0.5) is 22.4 Å². The number of rotatable bonds is 12. The topological polar surface area (TPSA) is 130 Å². The summed E-state index contributed by atoms with van der Waals surface area (Å²) in [4.78, 5) is 15.8. The third kappa shape index (κ3) is 10.9. The molecular weight excluding hydrogens is 721 g/mol. The Morgan fingerprint density at radius 1 is 0.804 bits per heavy atom. The van der Waals surface area contributed by atoms with Gasteiger partial charge in [-0.05, 0) is 70.5 Å². The van der Waals surface area contributed by atoms with Gasteiger partial charge in [0.2, 0.25) is 0 Å². The average molecular weight is 761 g/mol. The van der Waals surface area contributed by atoms with Gasteiger partial charge in [-0.25, -0.2) is 13.2 Å². The van der Waals surface area contributed by atoms with Crippen molar-refractivity contribution in [3.63, 3.8) is 0 Å². The highest BCUT2D eigenvalue weighted by Gasteiger charge is 2.61. The van der Waals surface area contributed by atoms with Crippen LogP contribution in [0.2, 0.25) is 0 Å². The molecule has 280 valence electrons. The molecule has 0 aromatic heterocycles. The van der Waals surface area contributed by atoms with Crippen molar-refractivity contribution in [3.8, 4) is 0 Å². The van der Waals surface area contributed by atoms with Gasteiger partial charge >= 0.3 is 17.3 Å². The smallest absolute Gasteiger partial charge is 0.508 e. The van der Waals surface area contributed by atoms with Gasteiger partial charge in [0.05, 0.1) is 24.1 Å². The van der Waals surface area contributed by atoms with Crippen molar-refractivity contribution < 1.29 is 63.7 Å². The molecule has 2 aliphatic rings. The summed E-state index contributed by atoms with van der Waals surface area (Å²) >= 11 is 0. The molecule has 0 bridgehead atoms. The molecular formula is C35H40F4O10S2. The SMILES string of the molecule is CC1(C)OCC(C2OC(C)(C)OC2COC(=O)OCCCC(F)(F)C(F)(F)S(=O)(=O)[O-])O1.c1ccc([S+](c2ccccc2)c2ccccc2)cc1. The second kappa shape index (κ2) is 16.6. The Kier molecular flexibility index (Phi) is 13.2. The van der Waals surface area contributed by atoms with Crippen LogP contribution < -0.4 is 0 Å². The molecule has 3 aromatic carbocycles. The Labute approximate surface area is 297 Å². The number of halogens is 4. The van der Waals surface area contributed by atoms with Crippen LogP contribution in [0.15, 0.2) is 106 Å². The van der Waals surface area contributed by atoms with E-state index in [0.717, 1.165) is 0 Å². The average Bonchev–Trinajstić information content (AvgIpc) is 3.60. The first-order chi connectivity index (χ1) is 23.8. The molecule has 3 unspecified atom stereocenters. The zero-order valence-corrected chi connectivity index (χ0v) is 30.0. The molecule has 51 heavy (non-hydrogen) atoms. The lowest BCUT2D eigenvalue weighted by Crippen LogP contribution is -2.46. The van der Waals surface area contributed by atoms with E-state index < -0.39 is 76.8 Å². The van der Waals surface area contributed by atoms with E-state index in [1.165, 1.54) is 14.7 Å². The lowest BCUT2D eigenvalue weighted by Gasteiger charge is -2.28. The fraction of sp³-hybridized carbons (Fsp3) is 0.457. The summed E-state index contributed by atoms with van der Waals surface area (Å²) in [5.74, 6) is -6.99. The second-order valence-electron chi connectivity index (χ2n) is 12.4. The van der Waals surface area contributed by atoms with E-state index in [1.54, 1.807) is 27.7 Å². The van der Waals surface area contributed by atoms with Gasteiger partial charge < -0.3 is 33.0 Å². The number of ether oxygens (including phenoxy) is 6. The minimum absolute atomic E-state index is 0.0146. The van der Waals surface area contributed by atoms with Gasteiger partial charge in [-0.2, -0.15) is 17.6 Å². The van der Waals surface area contributed by atoms with Gasteiger partial charge in [0.15, 0.2) is 36.4 Å². The highest BCUT2D eigenvalue weighted by molar-refractivity contribution is 7.97. The molecule has 2 aliphatic heterocycles. The minimum Gasteiger partial charge on any atom is -0.743 e. The molecule has 0 radical (unpaired) electrons. The molecule has 10 nitrogen and oxygen atoms in total. The number of benzene rings is 3. The van der Waals surface area contributed by atoms with Crippen molar-refractivity contribution in [1.82, 2.24) is 0 Å². The van der Waals surface area contributed by atoms with Crippen LogP contribution in [-0.4, -0.2) is 80.0 Å². The molecule has 0 N–H and O–H groups in total. The van der Waals surface area contributed by atoms with Crippen LogP contribution in [0.5, 0.6) is 0 Å². The highest BCUT2D eigenvalue weighted by Crippen LogP contribution is 2.41. The summed E-state index contributed by atoms with van der Waals surface area (Å²) in [6.07, 6.45) is -5.81. The van der Waals surface area contributed by atoms with E-state index in [4.69, 9.17) is 23.7 Å². The van der Waals surface area contributed by atoms with Gasteiger partial charge in [-0.15, -0.1) is 0 Å². The summed E-state index contributed by atoms with van der Waals surface area (Å²) in [6.45, 7) is 5.76. The zero-order chi connectivity index (χ0) is 37.5. The monoisotopic (exact) mass is 760 g/mol. The number of hydrogen-bond donors (Lipinski definition) is 0. The van der Waals surface area contributed by atoms with Crippen molar-refractivity contribution in [2.75, 3.05) is 19.8 Å². The number of carbonyl (C=O) groups is 1. The Hall–Kier alpha value is -3.25. The lowest BCUT2D eigenvalue weighted by atomic mass is 10.1. The van der Waals surface area contributed by atoms with Gasteiger partial charge in [0.25, 0.3) is 0 Å². The molecule has 2 saturated heterocycles. The Morgan fingerprint density at radius 3 is 1.73 bits per heavy atom. The molecule has 0 saturated carbocycles. The maximum absolute atomic E-state index is 13.3. The number of hydrogen-bond acceptors (Lipinski definition) is 10.